The minimum absolute atomic E-state index is 0.306. The van der Waals surface area contributed by atoms with Gasteiger partial charge >= 0.3 is 0 Å². The summed E-state index contributed by atoms with van der Waals surface area (Å²) in [6.07, 6.45) is 3.74. The Morgan fingerprint density at radius 2 is 2.22 bits per heavy atom. The Hall–Kier alpha value is -1.06. The van der Waals surface area contributed by atoms with Crippen LogP contribution in [0.3, 0.4) is 0 Å². The highest BCUT2D eigenvalue weighted by Crippen LogP contribution is 2.32. The number of aliphatic hydroxyl groups is 1. The predicted molar refractivity (Wildman–Crippen MR) is 73.0 cm³/mol. The van der Waals surface area contributed by atoms with E-state index in [1.165, 1.54) is 5.56 Å². The van der Waals surface area contributed by atoms with E-state index in [-0.39, 0.29) is 6.10 Å². The zero-order chi connectivity index (χ0) is 13.0. The summed E-state index contributed by atoms with van der Waals surface area (Å²) < 4.78 is 5.73. The maximum atomic E-state index is 9.97. The molecule has 0 spiro atoms. The number of nitrogens with zero attached hydrogens (tertiary/aromatic N) is 1. The standard InChI is InChI=1S/C15H23NO2/c1-16(2)9-4-10-18-13-8-7-12-5-3-6-15(17)14(12)11-13/h7-8,11,15,17H,3-6,9-10H2,1-2H3. The molecule has 0 bridgehead atoms. The fourth-order valence-corrected chi connectivity index (χ4v) is 2.41. The first-order valence-electron chi connectivity index (χ1n) is 6.75. The smallest absolute Gasteiger partial charge is 0.119 e. The lowest BCUT2D eigenvalue weighted by atomic mass is 9.89. The van der Waals surface area contributed by atoms with Crippen molar-refractivity contribution < 1.29 is 9.84 Å². The molecule has 1 aromatic rings. The fourth-order valence-electron chi connectivity index (χ4n) is 2.41. The number of rotatable bonds is 5. The highest BCUT2D eigenvalue weighted by molar-refractivity contribution is 5.38. The second kappa shape index (κ2) is 6.21. The topological polar surface area (TPSA) is 32.7 Å². The molecule has 2 rings (SSSR count). The largest absolute Gasteiger partial charge is 0.494 e. The van der Waals surface area contributed by atoms with Crippen molar-refractivity contribution in [1.29, 1.82) is 0 Å². The molecule has 1 N–H and O–H groups in total. The lowest BCUT2D eigenvalue weighted by Crippen LogP contribution is -2.15. The van der Waals surface area contributed by atoms with Crippen molar-refractivity contribution in [3.63, 3.8) is 0 Å². The molecule has 3 heteroatoms. The predicted octanol–water partition coefficient (Wildman–Crippen LogP) is 2.39. The molecule has 0 aliphatic heterocycles. The molecular weight excluding hydrogens is 226 g/mol. The van der Waals surface area contributed by atoms with E-state index in [1.807, 2.05) is 12.1 Å². The van der Waals surface area contributed by atoms with Crippen LogP contribution in [0.5, 0.6) is 5.75 Å². The summed E-state index contributed by atoms with van der Waals surface area (Å²) in [5.74, 6) is 0.883. The molecule has 0 amide bonds. The second-order valence-corrected chi connectivity index (χ2v) is 5.27. The normalized spacial score (nSPS) is 18.8. The van der Waals surface area contributed by atoms with Crippen LogP contribution in [0.4, 0.5) is 0 Å². The van der Waals surface area contributed by atoms with Gasteiger partial charge in [0.1, 0.15) is 5.75 Å². The molecule has 0 heterocycles. The molecule has 1 aliphatic rings. The van der Waals surface area contributed by atoms with Crippen LogP contribution in [0.2, 0.25) is 0 Å². The fraction of sp³-hybridized carbons (Fsp3) is 0.600. The maximum Gasteiger partial charge on any atom is 0.119 e. The minimum atomic E-state index is -0.306. The molecule has 0 fully saturated rings. The summed E-state index contributed by atoms with van der Waals surface area (Å²) in [7, 11) is 4.13. The molecule has 18 heavy (non-hydrogen) atoms. The minimum Gasteiger partial charge on any atom is -0.494 e. The van der Waals surface area contributed by atoms with Gasteiger partial charge in [-0.1, -0.05) is 6.07 Å². The van der Waals surface area contributed by atoms with Crippen molar-refractivity contribution in [2.75, 3.05) is 27.2 Å². The van der Waals surface area contributed by atoms with Gasteiger partial charge < -0.3 is 14.7 Å². The average Bonchev–Trinajstić information content (AvgIpc) is 2.35. The van der Waals surface area contributed by atoms with Gasteiger partial charge in [0.15, 0.2) is 0 Å². The number of fused-ring (bicyclic) bond motifs is 1. The third kappa shape index (κ3) is 3.47. The summed E-state index contributed by atoms with van der Waals surface area (Å²) in [4.78, 5) is 2.15. The van der Waals surface area contributed by atoms with Gasteiger partial charge in [-0.25, -0.2) is 0 Å². The van der Waals surface area contributed by atoms with E-state index in [1.54, 1.807) is 0 Å². The van der Waals surface area contributed by atoms with Crippen molar-refractivity contribution >= 4 is 0 Å². The average molecular weight is 249 g/mol. The Morgan fingerprint density at radius 1 is 1.39 bits per heavy atom. The molecule has 1 atom stereocenters. The Bertz CT molecular complexity index is 390. The van der Waals surface area contributed by atoms with Gasteiger partial charge in [-0.05, 0) is 63.0 Å². The third-order valence-corrected chi connectivity index (χ3v) is 3.42. The summed E-state index contributed by atoms with van der Waals surface area (Å²) in [6.45, 7) is 1.76. The van der Waals surface area contributed by atoms with Crippen LogP contribution >= 0.6 is 0 Å². The Kier molecular flexibility index (Phi) is 4.61. The summed E-state index contributed by atoms with van der Waals surface area (Å²) in [5.41, 5.74) is 2.33. The van der Waals surface area contributed by atoms with Crippen LogP contribution in [0.1, 0.15) is 36.5 Å². The Balaban J connectivity index is 1.92. The molecular formula is C15H23NO2. The van der Waals surface area contributed by atoms with Crippen LogP contribution in [0.25, 0.3) is 0 Å². The first kappa shape index (κ1) is 13.4. The van der Waals surface area contributed by atoms with Gasteiger partial charge in [0.25, 0.3) is 0 Å². The van der Waals surface area contributed by atoms with Crippen LogP contribution in [-0.4, -0.2) is 37.3 Å². The zero-order valence-electron chi connectivity index (χ0n) is 11.4. The molecule has 100 valence electrons. The molecule has 1 aromatic carbocycles. The summed E-state index contributed by atoms with van der Waals surface area (Å²) in [5, 5.41) is 9.97. The number of aliphatic hydroxyl groups excluding tert-OH is 1. The van der Waals surface area contributed by atoms with E-state index in [4.69, 9.17) is 4.74 Å². The highest BCUT2D eigenvalue weighted by atomic mass is 16.5. The van der Waals surface area contributed by atoms with E-state index < -0.39 is 0 Å². The molecule has 0 saturated heterocycles. The van der Waals surface area contributed by atoms with Crippen molar-refractivity contribution in [2.24, 2.45) is 0 Å². The number of hydrogen-bond acceptors (Lipinski definition) is 3. The van der Waals surface area contributed by atoms with Crippen molar-refractivity contribution in [1.82, 2.24) is 4.90 Å². The van der Waals surface area contributed by atoms with Crippen molar-refractivity contribution in [2.45, 2.75) is 31.8 Å². The highest BCUT2D eigenvalue weighted by Gasteiger charge is 2.18. The third-order valence-electron chi connectivity index (χ3n) is 3.42. The maximum absolute atomic E-state index is 9.97. The number of ether oxygens (including phenoxy) is 1. The van der Waals surface area contributed by atoms with Crippen LogP contribution in [0, 0.1) is 0 Å². The lowest BCUT2D eigenvalue weighted by molar-refractivity contribution is 0.156. The number of hydrogen-bond donors (Lipinski definition) is 1. The molecule has 0 radical (unpaired) electrons. The van der Waals surface area contributed by atoms with Gasteiger partial charge in [0.05, 0.1) is 12.7 Å². The van der Waals surface area contributed by atoms with Crippen LogP contribution in [0.15, 0.2) is 18.2 Å². The number of aryl methyl sites for hydroxylation is 1. The molecule has 1 aliphatic carbocycles. The first-order valence-corrected chi connectivity index (χ1v) is 6.75. The van der Waals surface area contributed by atoms with E-state index in [2.05, 4.69) is 25.1 Å². The Morgan fingerprint density at radius 3 is 3.00 bits per heavy atom. The van der Waals surface area contributed by atoms with Crippen LogP contribution < -0.4 is 4.74 Å². The van der Waals surface area contributed by atoms with Crippen LogP contribution in [-0.2, 0) is 6.42 Å². The van der Waals surface area contributed by atoms with E-state index in [0.717, 1.165) is 50.1 Å². The molecule has 3 nitrogen and oxygen atoms in total. The monoisotopic (exact) mass is 249 g/mol. The van der Waals surface area contributed by atoms with Gasteiger partial charge in [-0.3, -0.25) is 0 Å². The van der Waals surface area contributed by atoms with Gasteiger partial charge in [0.2, 0.25) is 0 Å². The van der Waals surface area contributed by atoms with Crippen molar-refractivity contribution in [3.8, 4) is 5.75 Å². The number of benzene rings is 1. The Labute approximate surface area is 109 Å². The summed E-state index contributed by atoms with van der Waals surface area (Å²) in [6, 6.07) is 6.13. The first-order chi connectivity index (χ1) is 8.66. The van der Waals surface area contributed by atoms with Gasteiger partial charge in [-0.2, -0.15) is 0 Å². The molecule has 0 aromatic heterocycles. The second-order valence-electron chi connectivity index (χ2n) is 5.27. The van der Waals surface area contributed by atoms with E-state index in [0.29, 0.717) is 0 Å². The van der Waals surface area contributed by atoms with E-state index in [9.17, 15) is 5.11 Å². The SMILES string of the molecule is CN(C)CCCOc1ccc2c(c1)C(O)CCC2. The summed E-state index contributed by atoms with van der Waals surface area (Å²) >= 11 is 0. The lowest BCUT2D eigenvalue weighted by Gasteiger charge is -2.22. The van der Waals surface area contributed by atoms with E-state index >= 15 is 0 Å². The molecule has 1 unspecified atom stereocenters. The molecule has 0 saturated carbocycles. The quantitative estimate of drug-likeness (QED) is 0.813. The van der Waals surface area contributed by atoms with Gasteiger partial charge in [-0.15, -0.1) is 0 Å². The zero-order valence-corrected chi connectivity index (χ0v) is 11.4. The van der Waals surface area contributed by atoms with Crippen molar-refractivity contribution in [3.05, 3.63) is 29.3 Å². The van der Waals surface area contributed by atoms with Gasteiger partial charge in [0, 0.05) is 6.54 Å².